The molecule has 0 bridgehead atoms. The Morgan fingerprint density at radius 1 is 0.667 bits per heavy atom. The van der Waals surface area contributed by atoms with E-state index in [1.54, 1.807) is 28.4 Å². The summed E-state index contributed by atoms with van der Waals surface area (Å²) in [5, 5.41) is 0. The first kappa shape index (κ1) is 18.9. The summed E-state index contributed by atoms with van der Waals surface area (Å²) in [4.78, 5) is 0. The van der Waals surface area contributed by atoms with E-state index in [1.165, 1.54) is 0 Å². The third-order valence-corrected chi connectivity index (χ3v) is 5.13. The number of ether oxygens (including phenoxy) is 4. The molecule has 5 nitrogen and oxygen atoms in total. The molecule has 0 unspecified atom stereocenters. The second-order valence-electron chi connectivity index (χ2n) is 5.01. The zero-order chi connectivity index (χ0) is 17.9. The fourth-order valence-corrected chi connectivity index (χ4v) is 3.64. The minimum Gasteiger partial charge on any atom is -0.493 e. The van der Waals surface area contributed by atoms with Crippen molar-refractivity contribution in [2.75, 3.05) is 28.4 Å². The molecule has 3 N–H and O–H groups in total. The van der Waals surface area contributed by atoms with Gasteiger partial charge in [0.15, 0.2) is 23.0 Å². The molecule has 0 radical (unpaired) electrons. The van der Waals surface area contributed by atoms with Crippen molar-refractivity contribution < 1.29 is 24.7 Å². The van der Waals surface area contributed by atoms with E-state index < -0.39 is 0 Å². The summed E-state index contributed by atoms with van der Waals surface area (Å²) in [5.74, 6) is 2.63. The number of hydrogen-bond donors (Lipinski definition) is 1. The molecule has 7 heteroatoms. The molecule has 2 aromatic carbocycles. The highest BCUT2D eigenvalue weighted by molar-refractivity contribution is 9.10. The van der Waals surface area contributed by atoms with E-state index >= 15 is 0 Å². The Hall–Kier alpha value is -1.44. The average Bonchev–Trinajstić information content (AvgIpc) is 2.60. The van der Waals surface area contributed by atoms with Crippen LogP contribution in [0.5, 0.6) is 23.0 Å². The first-order chi connectivity index (χ1) is 11.5. The van der Waals surface area contributed by atoms with Gasteiger partial charge in [-0.2, -0.15) is 0 Å². The van der Waals surface area contributed by atoms with Gasteiger partial charge in [0.05, 0.1) is 28.4 Å². The summed E-state index contributed by atoms with van der Waals surface area (Å²) in [6.07, 6.45) is 0. The van der Waals surface area contributed by atoms with E-state index in [9.17, 15) is 0 Å². The zero-order valence-electron chi connectivity index (χ0n) is 14.0. The topological polar surface area (TPSA) is 64.6 Å². The molecule has 0 atom stereocenters. The molecule has 2 aromatic rings. The fraction of sp³-hybridized carbons (Fsp3) is 0.294. The Bertz CT molecular complexity index is 676. The van der Waals surface area contributed by atoms with E-state index in [-0.39, 0.29) is 6.04 Å². The predicted molar refractivity (Wildman–Crippen MR) is 99.2 cm³/mol. The zero-order valence-corrected chi connectivity index (χ0v) is 17.2. The summed E-state index contributed by atoms with van der Waals surface area (Å²) >= 11 is 7.18. The second kappa shape index (κ2) is 8.09. The van der Waals surface area contributed by atoms with Crippen molar-refractivity contribution in [2.45, 2.75) is 6.04 Å². The van der Waals surface area contributed by atoms with Crippen LogP contribution in [-0.4, -0.2) is 28.4 Å². The quantitative estimate of drug-likeness (QED) is 0.714. The van der Waals surface area contributed by atoms with Crippen LogP contribution in [-0.2, 0) is 0 Å². The van der Waals surface area contributed by atoms with Crippen molar-refractivity contribution in [1.29, 1.82) is 0 Å². The van der Waals surface area contributed by atoms with Crippen molar-refractivity contribution in [3.05, 3.63) is 44.3 Å². The molecular formula is C17H20Br2NO4+. The molecule has 0 saturated heterocycles. The number of quaternary nitrogens is 1. The third-order valence-electron chi connectivity index (χ3n) is 3.76. The summed E-state index contributed by atoms with van der Waals surface area (Å²) in [6, 6.07) is 7.43. The number of methoxy groups -OCH3 is 4. The van der Waals surface area contributed by atoms with Gasteiger partial charge in [-0.3, -0.25) is 0 Å². The first-order valence-corrected chi connectivity index (χ1v) is 8.71. The number of halogens is 2. The van der Waals surface area contributed by atoms with Gasteiger partial charge in [-0.1, -0.05) is 31.9 Å². The van der Waals surface area contributed by atoms with E-state index in [2.05, 4.69) is 37.6 Å². The summed E-state index contributed by atoms with van der Waals surface area (Å²) in [6.45, 7) is 0. The van der Waals surface area contributed by atoms with Crippen LogP contribution < -0.4 is 24.7 Å². The van der Waals surface area contributed by atoms with E-state index in [1.807, 2.05) is 24.3 Å². The van der Waals surface area contributed by atoms with Gasteiger partial charge in [0, 0.05) is 20.1 Å². The third kappa shape index (κ3) is 3.63. The molecule has 0 aliphatic carbocycles. The summed E-state index contributed by atoms with van der Waals surface area (Å²) in [5.41, 5.74) is 6.25. The van der Waals surface area contributed by atoms with Gasteiger partial charge in [0.1, 0.15) is 6.04 Å². The van der Waals surface area contributed by atoms with Gasteiger partial charge >= 0.3 is 0 Å². The molecule has 0 spiro atoms. The Morgan fingerprint density at radius 2 is 0.958 bits per heavy atom. The predicted octanol–water partition coefficient (Wildman–Crippen LogP) is 3.58. The minimum absolute atomic E-state index is 0.159. The molecule has 2 rings (SSSR count). The minimum atomic E-state index is -0.159. The molecular weight excluding hydrogens is 442 g/mol. The van der Waals surface area contributed by atoms with Crippen molar-refractivity contribution >= 4 is 31.9 Å². The molecule has 0 saturated carbocycles. The van der Waals surface area contributed by atoms with Crippen molar-refractivity contribution in [1.82, 2.24) is 0 Å². The molecule has 0 aliphatic heterocycles. The number of hydrogen-bond acceptors (Lipinski definition) is 4. The maximum absolute atomic E-state index is 5.40. The van der Waals surface area contributed by atoms with Gasteiger partial charge in [-0.15, -0.1) is 0 Å². The maximum atomic E-state index is 5.40. The smallest absolute Gasteiger partial charge is 0.161 e. The lowest BCUT2D eigenvalue weighted by Gasteiger charge is -2.18. The van der Waals surface area contributed by atoms with Gasteiger partial charge in [0.2, 0.25) is 0 Å². The molecule has 130 valence electrons. The lowest BCUT2D eigenvalue weighted by atomic mass is 9.98. The van der Waals surface area contributed by atoms with Crippen LogP contribution in [0.3, 0.4) is 0 Å². The lowest BCUT2D eigenvalue weighted by molar-refractivity contribution is -0.412. The molecule has 0 fully saturated rings. The highest BCUT2D eigenvalue weighted by atomic mass is 79.9. The molecule has 0 heterocycles. The monoisotopic (exact) mass is 460 g/mol. The van der Waals surface area contributed by atoms with Crippen molar-refractivity contribution in [2.24, 2.45) is 0 Å². The Balaban J connectivity index is 2.54. The average molecular weight is 462 g/mol. The van der Waals surface area contributed by atoms with Gasteiger partial charge in [0.25, 0.3) is 0 Å². The number of rotatable bonds is 6. The Kier molecular flexibility index (Phi) is 6.37. The molecule has 24 heavy (non-hydrogen) atoms. The van der Waals surface area contributed by atoms with E-state index in [0.717, 1.165) is 20.1 Å². The first-order valence-electron chi connectivity index (χ1n) is 7.12. The largest absolute Gasteiger partial charge is 0.493 e. The van der Waals surface area contributed by atoms with Crippen molar-refractivity contribution in [3.63, 3.8) is 0 Å². The summed E-state index contributed by atoms with van der Waals surface area (Å²) in [7, 11) is 6.44. The van der Waals surface area contributed by atoms with Crippen LogP contribution in [0.4, 0.5) is 0 Å². The highest BCUT2D eigenvalue weighted by Gasteiger charge is 2.23. The van der Waals surface area contributed by atoms with Gasteiger partial charge < -0.3 is 24.7 Å². The summed E-state index contributed by atoms with van der Waals surface area (Å²) < 4.78 is 23.2. The fourth-order valence-electron chi connectivity index (χ4n) is 2.44. The lowest BCUT2D eigenvalue weighted by Crippen LogP contribution is -2.54. The van der Waals surface area contributed by atoms with Crippen LogP contribution in [0.1, 0.15) is 17.2 Å². The second-order valence-corrected chi connectivity index (χ2v) is 6.72. The standard InChI is InChI=1S/C17H19Br2NO4/c1-21-13-5-9(11(18)7-15(13)23-3)17(20)10-6-14(22-2)16(24-4)8-12(10)19/h5-8,17H,20H2,1-4H3/p+1. The maximum Gasteiger partial charge on any atom is 0.161 e. The molecule has 0 aliphatic rings. The SMILES string of the molecule is COc1cc(Br)c(C([NH3+])c2cc(OC)c(OC)cc2Br)cc1OC. The van der Waals surface area contributed by atoms with Crippen LogP contribution in [0.25, 0.3) is 0 Å². The van der Waals surface area contributed by atoms with Crippen LogP contribution in [0.2, 0.25) is 0 Å². The van der Waals surface area contributed by atoms with E-state index in [0.29, 0.717) is 23.0 Å². The Labute approximate surface area is 158 Å². The van der Waals surface area contributed by atoms with Gasteiger partial charge in [-0.05, 0) is 24.3 Å². The number of benzene rings is 2. The molecule has 0 aromatic heterocycles. The van der Waals surface area contributed by atoms with Crippen LogP contribution in [0.15, 0.2) is 33.2 Å². The van der Waals surface area contributed by atoms with E-state index in [4.69, 9.17) is 18.9 Å². The van der Waals surface area contributed by atoms with Crippen molar-refractivity contribution in [3.8, 4) is 23.0 Å². The van der Waals surface area contributed by atoms with Gasteiger partial charge in [-0.25, -0.2) is 0 Å². The highest BCUT2D eigenvalue weighted by Crippen LogP contribution is 2.40. The van der Waals surface area contributed by atoms with Crippen LogP contribution in [0, 0.1) is 0 Å². The Morgan fingerprint density at radius 3 is 1.25 bits per heavy atom. The molecule has 0 amide bonds. The van der Waals surface area contributed by atoms with Crippen LogP contribution >= 0.6 is 31.9 Å². The normalized spacial score (nSPS) is 10.7.